The molecule has 0 aliphatic rings. The monoisotopic (exact) mass is 513 g/mol. The zero-order valence-electron chi connectivity index (χ0n) is 15.8. The highest BCUT2D eigenvalue weighted by molar-refractivity contribution is 14.0. The van der Waals surface area contributed by atoms with Crippen LogP contribution in [0.4, 0.5) is 8.78 Å². The number of hydrogen-bond donors (Lipinski definition) is 2. The lowest BCUT2D eigenvalue weighted by Crippen LogP contribution is -2.36. The normalized spacial score (nSPS) is 11.1. The fourth-order valence-corrected chi connectivity index (χ4v) is 2.62. The molecule has 154 valence electrons. The van der Waals surface area contributed by atoms with Crippen molar-refractivity contribution in [1.29, 1.82) is 0 Å². The van der Waals surface area contributed by atoms with Crippen LogP contribution in [-0.4, -0.2) is 29.4 Å². The highest BCUT2D eigenvalue weighted by atomic mass is 127. The molecule has 2 aromatic carbocycles. The molecule has 0 saturated carbocycles. The van der Waals surface area contributed by atoms with E-state index in [4.69, 9.17) is 0 Å². The van der Waals surface area contributed by atoms with Gasteiger partial charge in [-0.3, -0.25) is 4.99 Å². The van der Waals surface area contributed by atoms with Gasteiger partial charge < -0.3 is 15.4 Å². The Morgan fingerprint density at radius 2 is 1.72 bits per heavy atom. The van der Waals surface area contributed by atoms with Crippen LogP contribution in [0, 0.1) is 0 Å². The molecule has 3 aromatic rings. The SMILES string of the molecule is CN=C(NCc1ccn(-c2ccccc2)n1)NCc1ccccc1OC(F)F.I. The van der Waals surface area contributed by atoms with E-state index in [1.165, 1.54) is 6.07 Å². The van der Waals surface area contributed by atoms with Gasteiger partial charge in [0.05, 0.1) is 17.9 Å². The quantitative estimate of drug-likeness (QED) is 0.286. The van der Waals surface area contributed by atoms with Crippen LogP contribution in [0.3, 0.4) is 0 Å². The summed E-state index contributed by atoms with van der Waals surface area (Å²) in [4.78, 5) is 4.14. The van der Waals surface area contributed by atoms with E-state index in [0.29, 0.717) is 24.6 Å². The van der Waals surface area contributed by atoms with E-state index < -0.39 is 6.61 Å². The minimum atomic E-state index is -2.86. The predicted molar refractivity (Wildman–Crippen MR) is 119 cm³/mol. The molecule has 0 aliphatic carbocycles. The number of ether oxygens (including phenoxy) is 1. The minimum Gasteiger partial charge on any atom is -0.434 e. The maximum atomic E-state index is 12.5. The van der Waals surface area contributed by atoms with E-state index in [1.807, 2.05) is 42.6 Å². The molecule has 0 bridgehead atoms. The van der Waals surface area contributed by atoms with Crippen molar-refractivity contribution in [3.8, 4) is 11.4 Å². The summed E-state index contributed by atoms with van der Waals surface area (Å²) in [6.07, 6.45) is 1.89. The molecule has 0 amide bonds. The summed E-state index contributed by atoms with van der Waals surface area (Å²) >= 11 is 0. The van der Waals surface area contributed by atoms with Crippen LogP contribution >= 0.6 is 24.0 Å². The number of halogens is 3. The van der Waals surface area contributed by atoms with Gasteiger partial charge in [0, 0.05) is 25.4 Å². The van der Waals surface area contributed by atoms with Crippen LogP contribution in [0.5, 0.6) is 5.75 Å². The summed E-state index contributed by atoms with van der Waals surface area (Å²) < 4.78 is 31.4. The lowest BCUT2D eigenvalue weighted by atomic mass is 10.2. The molecule has 9 heteroatoms. The number of alkyl halides is 2. The van der Waals surface area contributed by atoms with E-state index in [1.54, 1.807) is 29.9 Å². The van der Waals surface area contributed by atoms with Crippen molar-refractivity contribution in [2.24, 2.45) is 4.99 Å². The Morgan fingerprint density at radius 1 is 1.03 bits per heavy atom. The number of aromatic nitrogens is 2. The zero-order chi connectivity index (χ0) is 19.8. The van der Waals surface area contributed by atoms with Crippen molar-refractivity contribution in [2.45, 2.75) is 19.7 Å². The molecule has 2 N–H and O–H groups in total. The third kappa shape index (κ3) is 6.70. The van der Waals surface area contributed by atoms with Crippen LogP contribution < -0.4 is 15.4 Å². The second kappa shape index (κ2) is 11.3. The molecule has 6 nitrogen and oxygen atoms in total. The van der Waals surface area contributed by atoms with Crippen LogP contribution in [0.15, 0.2) is 71.9 Å². The number of para-hydroxylation sites is 2. The summed E-state index contributed by atoms with van der Waals surface area (Å²) in [5.74, 6) is 0.670. The summed E-state index contributed by atoms with van der Waals surface area (Å²) in [7, 11) is 1.64. The molecule has 29 heavy (non-hydrogen) atoms. The third-order valence-electron chi connectivity index (χ3n) is 3.96. The van der Waals surface area contributed by atoms with E-state index >= 15 is 0 Å². The molecule has 0 unspecified atom stereocenters. The number of rotatable bonds is 7. The standard InChI is InChI=1S/C20H21F2N5O.HI/c1-23-20(24-13-15-7-5-6-10-18(15)28-19(21)22)25-14-16-11-12-27(26-16)17-8-3-2-4-9-17;/h2-12,19H,13-14H2,1H3,(H2,23,24,25);1H. The van der Waals surface area contributed by atoms with Gasteiger partial charge in [0.1, 0.15) is 5.75 Å². The highest BCUT2D eigenvalue weighted by Crippen LogP contribution is 2.19. The molecule has 1 heterocycles. The average Bonchev–Trinajstić information content (AvgIpc) is 3.18. The molecular weight excluding hydrogens is 491 g/mol. The number of nitrogens with zero attached hydrogens (tertiary/aromatic N) is 3. The molecule has 0 atom stereocenters. The van der Waals surface area contributed by atoms with E-state index in [9.17, 15) is 8.78 Å². The van der Waals surface area contributed by atoms with Gasteiger partial charge in [-0.1, -0.05) is 36.4 Å². The number of aliphatic imine (C=N–C) groups is 1. The maximum Gasteiger partial charge on any atom is 0.387 e. The fourth-order valence-electron chi connectivity index (χ4n) is 2.62. The van der Waals surface area contributed by atoms with Gasteiger partial charge in [-0.25, -0.2) is 4.68 Å². The van der Waals surface area contributed by atoms with E-state index in [0.717, 1.165) is 11.4 Å². The Bertz CT molecular complexity index is 918. The van der Waals surface area contributed by atoms with E-state index in [2.05, 4.69) is 25.5 Å². The summed E-state index contributed by atoms with van der Waals surface area (Å²) in [5.41, 5.74) is 2.43. The van der Waals surface area contributed by atoms with Gasteiger partial charge in [0.25, 0.3) is 0 Å². The highest BCUT2D eigenvalue weighted by Gasteiger charge is 2.09. The third-order valence-corrected chi connectivity index (χ3v) is 3.96. The van der Waals surface area contributed by atoms with Gasteiger partial charge in [-0.15, -0.1) is 24.0 Å². The Labute approximate surface area is 185 Å². The second-order valence-electron chi connectivity index (χ2n) is 5.85. The Morgan fingerprint density at radius 3 is 2.45 bits per heavy atom. The van der Waals surface area contributed by atoms with Crippen molar-refractivity contribution >= 4 is 29.9 Å². The molecule has 0 aliphatic heterocycles. The molecular formula is C20H22F2IN5O. The lowest BCUT2D eigenvalue weighted by Gasteiger charge is -2.14. The van der Waals surface area contributed by atoms with Gasteiger partial charge >= 0.3 is 6.61 Å². The van der Waals surface area contributed by atoms with Gasteiger partial charge in [-0.2, -0.15) is 13.9 Å². The van der Waals surface area contributed by atoms with Gasteiger partial charge in [0.2, 0.25) is 0 Å². The van der Waals surface area contributed by atoms with Crippen LogP contribution in [-0.2, 0) is 13.1 Å². The zero-order valence-corrected chi connectivity index (χ0v) is 18.1. The molecule has 0 spiro atoms. The fraction of sp³-hybridized carbons (Fsp3) is 0.200. The molecule has 1 aromatic heterocycles. The summed E-state index contributed by atoms with van der Waals surface area (Å²) in [6, 6.07) is 18.4. The van der Waals surface area contributed by atoms with Gasteiger partial charge in [-0.05, 0) is 24.3 Å². The first-order chi connectivity index (χ1) is 13.7. The molecule has 3 rings (SSSR count). The minimum absolute atomic E-state index is 0. The van der Waals surface area contributed by atoms with Gasteiger partial charge in [0.15, 0.2) is 5.96 Å². The lowest BCUT2D eigenvalue weighted by molar-refractivity contribution is -0.0504. The number of benzene rings is 2. The van der Waals surface area contributed by atoms with Crippen molar-refractivity contribution in [3.05, 3.63) is 78.1 Å². The smallest absolute Gasteiger partial charge is 0.387 e. The topological polar surface area (TPSA) is 63.5 Å². The Balaban J connectivity index is 0.00000300. The predicted octanol–water partition coefficient (Wildman–Crippen LogP) is 3.96. The van der Waals surface area contributed by atoms with Crippen molar-refractivity contribution in [3.63, 3.8) is 0 Å². The number of hydrogen-bond acceptors (Lipinski definition) is 3. The second-order valence-corrected chi connectivity index (χ2v) is 5.85. The molecule has 0 radical (unpaired) electrons. The first-order valence-corrected chi connectivity index (χ1v) is 8.73. The summed E-state index contributed by atoms with van der Waals surface area (Å²) in [6.45, 7) is -2.10. The first-order valence-electron chi connectivity index (χ1n) is 8.73. The average molecular weight is 513 g/mol. The largest absolute Gasteiger partial charge is 0.434 e. The van der Waals surface area contributed by atoms with Crippen LogP contribution in [0.2, 0.25) is 0 Å². The van der Waals surface area contributed by atoms with Crippen LogP contribution in [0.1, 0.15) is 11.3 Å². The Kier molecular flexibility index (Phi) is 8.84. The van der Waals surface area contributed by atoms with Crippen LogP contribution in [0.25, 0.3) is 5.69 Å². The molecule has 0 saturated heterocycles. The van der Waals surface area contributed by atoms with Crippen molar-refractivity contribution < 1.29 is 13.5 Å². The van der Waals surface area contributed by atoms with Crippen molar-refractivity contribution in [2.75, 3.05) is 7.05 Å². The Hall–Kier alpha value is -2.69. The first kappa shape index (κ1) is 22.6. The van der Waals surface area contributed by atoms with E-state index in [-0.39, 0.29) is 29.7 Å². The maximum absolute atomic E-state index is 12.5. The number of guanidine groups is 1. The summed E-state index contributed by atoms with van der Waals surface area (Å²) in [5, 5.41) is 10.8. The molecule has 0 fully saturated rings. The van der Waals surface area contributed by atoms with Crippen molar-refractivity contribution in [1.82, 2.24) is 20.4 Å². The number of nitrogens with one attached hydrogen (secondary N) is 2.